The first-order chi connectivity index (χ1) is 7.18. The normalized spacial score (nSPS) is 19.4. The maximum Gasteiger partial charge on any atom is 0.140 e. The molecule has 3 heteroatoms. The van der Waals surface area contributed by atoms with Crippen LogP contribution in [0.2, 0.25) is 0 Å². The molecule has 0 fully saturated rings. The molecule has 1 atom stereocenters. The van der Waals surface area contributed by atoms with Crippen molar-refractivity contribution in [3.8, 4) is 0 Å². The van der Waals surface area contributed by atoms with Crippen LogP contribution in [0.3, 0.4) is 0 Å². The molecule has 0 saturated carbocycles. The average molecular weight is 309 g/mol. The fourth-order valence-corrected chi connectivity index (χ4v) is 1.80. The predicted octanol–water partition coefficient (Wildman–Crippen LogP) is 2.83. The van der Waals surface area contributed by atoms with Crippen molar-refractivity contribution in [2.75, 3.05) is 0 Å². The van der Waals surface area contributed by atoms with Gasteiger partial charge in [-0.15, -0.1) is 0 Å². The molecule has 0 N–H and O–H groups in total. The van der Waals surface area contributed by atoms with Gasteiger partial charge in [0.15, 0.2) is 0 Å². The van der Waals surface area contributed by atoms with E-state index in [-0.39, 0.29) is 37.5 Å². The van der Waals surface area contributed by atoms with Crippen LogP contribution in [0.4, 0.5) is 0 Å². The Bertz CT molecular complexity index is 292. The number of hydrogen-bond donors (Lipinski definition) is 0. The average Bonchev–Trinajstić information content (AvgIpc) is 2.08. The summed E-state index contributed by atoms with van der Waals surface area (Å²) in [7, 11) is 0. The van der Waals surface area contributed by atoms with E-state index in [0.29, 0.717) is 12.3 Å². The molecule has 0 aliphatic heterocycles. The largest absolute Gasteiger partial charge is 0.300 e. The second kappa shape index (κ2) is 8.58. The second-order valence-corrected chi connectivity index (χ2v) is 4.13. The summed E-state index contributed by atoms with van der Waals surface area (Å²) >= 11 is 0. The van der Waals surface area contributed by atoms with E-state index in [2.05, 4.69) is 12.2 Å². The maximum absolute atomic E-state index is 11.4. The molecule has 1 aliphatic carbocycles. The molecular weight excluding hydrogens is 291 g/mol. The van der Waals surface area contributed by atoms with E-state index < -0.39 is 0 Å². The summed E-state index contributed by atoms with van der Waals surface area (Å²) < 4.78 is 0. The van der Waals surface area contributed by atoms with Gasteiger partial charge in [-0.1, -0.05) is 24.3 Å². The van der Waals surface area contributed by atoms with Gasteiger partial charge in [-0.25, -0.2) is 0 Å². The number of carbonyl (C=O) groups is 2. The van der Waals surface area contributed by atoms with Crippen molar-refractivity contribution in [3.05, 3.63) is 24.3 Å². The molecule has 1 aliphatic rings. The molecule has 0 heterocycles. The maximum atomic E-state index is 11.4. The fraction of sp³-hybridized carbons (Fsp3) is 0.538. The Morgan fingerprint density at radius 2 is 2.06 bits per heavy atom. The third-order valence-electron chi connectivity index (χ3n) is 2.51. The Hall–Kier alpha value is -0.557. The molecule has 2 nitrogen and oxygen atoms in total. The first kappa shape index (κ1) is 15.4. The quantitative estimate of drug-likeness (QED) is 0.591. The first-order valence-electron chi connectivity index (χ1n) is 5.53. The van der Waals surface area contributed by atoms with E-state index in [0.717, 1.165) is 19.3 Å². The van der Waals surface area contributed by atoms with Crippen LogP contribution in [-0.4, -0.2) is 11.6 Å². The van der Waals surface area contributed by atoms with Gasteiger partial charge in [0.25, 0.3) is 0 Å². The van der Waals surface area contributed by atoms with Crippen LogP contribution in [0.15, 0.2) is 24.3 Å². The molecule has 0 spiro atoms. The van der Waals surface area contributed by atoms with Gasteiger partial charge in [-0.2, -0.15) is 0 Å². The van der Waals surface area contributed by atoms with Crippen molar-refractivity contribution in [1.82, 2.24) is 0 Å². The minimum atomic E-state index is -0.0327. The van der Waals surface area contributed by atoms with Crippen LogP contribution in [0.1, 0.15) is 39.0 Å². The summed E-state index contributed by atoms with van der Waals surface area (Å²) in [5.74, 6) is 0.359. The van der Waals surface area contributed by atoms with Gasteiger partial charge in [0.05, 0.1) is 6.42 Å². The Labute approximate surface area is 110 Å². The SMILES string of the molecule is CC(=O)CC(=O)CC1C=CC=CCCC1.[Rh]. The van der Waals surface area contributed by atoms with Crippen molar-refractivity contribution in [2.45, 2.75) is 39.0 Å². The van der Waals surface area contributed by atoms with E-state index in [1.165, 1.54) is 6.92 Å². The molecule has 0 saturated heterocycles. The summed E-state index contributed by atoms with van der Waals surface area (Å²) in [5, 5.41) is 0. The van der Waals surface area contributed by atoms with Crippen LogP contribution >= 0.6 is 0 Å². The van der Waals surface area contributed by atoms with Crippen LogP contribution in [0.25, 0.3) is 0 Å². The van der Waals surface area contributed by atoms with Gasteiger partial charge in [0.2, 0.25) is 0 Å². The molecule has 1 rings (SSSR count). The fourth-order valence-electron chi connectivity index (χ4n) is 1.80. The molecule has 1 unspecified atom stereocenters. The van der Waals surface area contributed by atoms with Gasteiger partial charge < -0.3 is 0 Å². The predicted molar refractivity (Wildman–Crippen MR) is 60.5 cm³/mol. The minimum absolute atomic E-state index is 0. The van der Waals surface area contributed by atoms with Crippen LogP contribution in [0, 0.1) is 5.92 Å². The smallest absolute Gasteiger partial charge is 0.140 e. The summed E-state index contributed by atoms with van der Waals surface area (Å²) in [6.45, 7) is 1.47. The minimum Gasteiger partial charge on any atom is -0.300 e. The zero-order valence-electron chi connectivity index (χ0n) is 9.57. The first-order valence-corrected chi connectivity index (χ1v) is 5.53. The van der Waals surface area contributed by atoms with E-state index in [1.54, 1.807) is 0 Å². The van der Waals surface area contributed by atoms with Gasteiger partial charge in [-0.3, -0.25) is 9.59 Å². The molecule has 0 aromatic heterocycles. The monoisotopic (exact) mass is 309 g/mol. The third kappa shape index (κ3) is 6.84. The summed E-state index contributed by atoms with van der Waals surface area (Å²) in [6, 6.07) is 0. The molecule has 16 heavy (non-hydrogen) atoms. The van der Waals surface area contributed by atoms with Crippen molar-refractivity contribution in [2.24, 2.45) is 5.92 Å². The second-order valence-electron chi connectivity index (χ2n) is 4.13. The Kier molecular flexibility index (Phi) is 8.28. The summed E-state index contributed by atoms with van der Waals surface area (Å²) in [6.07, 6.45) is 12.1. The van der Waals surface area contributed by atoms with Crippen LogP contribution < -0.4 is 0 Å². The topological polar surface area (TPSA) is 34.1 Å². The van der Waals surface area contributed by atoms with Crippen molar-refractivity contribution >= 4 is 11.6 Å². The Morgan fingerprint density at radius 1 is 1.31 bits per heavy atom. The Morgan fingerprint density at radius 3 is 2.75 bits per heavy atom. The van der Waals surface area contributed by atoms with Gasteiger partial charge >= 0.3 is 0 Å². The molecule has 0 bridgehead atoms. The van der Waals surface area contributed by atoms with E-state index >= 15 is 0 Å². The van der Waals surface area contributed by atoms with Crippen molar-refractivity contribution in [1.29, 1.82) is 0 Å². The summed E-state index contributed by atoms with van der Waals surface area (Å²) in [5.41, 5.74) is 0. The number of rotatable bonds is 4. The zero-order valence-corrected chi connectivity index (χ0v) is 11.2. The standard InChI is InChI=1S/C13H18O2.Rh/c1-11(14)9-13(15)10-12-7-5-3-2-4-6-8-12;/h2-3,5,7,12H,4,6,8-10H2,1H3;. The summed E-state index contributed by atoms with van der Waals surface area (Å²) in [4.78, 5) is 22.2. The van der Waals surface area contributed by atoms with E-state index in [1.807, 2.05) is 12.2 Å². The number of hydrogen-bond acceptors (Lipinski definition) is 2. The molecule has 0 aromatic carbocycles. The molecule has 91 valence electrons. The molecule has 0 amide bonds. The number of ketones is 2. The zero-order chi connectivity index (χ0) is 11.1. The van der Waals surface area contributed by atoms with Gasteiger partial charge in [-0.05, 0) is 32.1 Å². The molecular formula is C13H18O2Rh. The van der Waals surface area contributed by atoms with Crippen LogP contribution in [-0.2, 0) is 29.1 Å². The number of Topliss-reactive ketones (excluding diaryl/α,β-unsaturated/α-hetero) is 2. The number of allylic oxidation sites excluding steroid dienone is 4. The van der Waals surface area contributed by atoms with Crippen molar-refractivity contribution < 1.29 is 29.1 Å². The van der Waals surface area contributed by atoms with Crippen LogP contribution in [0.5, 0.6) is 0 Å². The third-order valence-corrected chi connectivity index (χ3v) is 2.51. The Balaban J connectivity index is 0.00000225. The molecule has 1 radical (unpaired) electrons. The van der Waals surface area contributed by atoms with Gasteiger partial charge in [0, 0.05) is 25.9 Å². The van der Waals surface area contributed by atoms with Crippen molar-refractivity contribution in [3.63, 3.8) is 0 Å². The van der Waals surface area contributed by atoms with E-state index in [4.69, 9.17) is 0 Å². The molecule has 0 aromatic rings. The number of carbonyl (C=O) groups excluding carboxylic acids is 2. The van der Waals surface area contributed by atoms with Gasteiger partial charge in [0.1, 0.15) is 11.6 Å². The van der Waals surface area contributed by atoms with E-state index in [9.17, 15) is 9.59 Å².